The SMILES string of the molecule is Cc1cccc(/C=C/c2ccc(N(c3ccccc3)c3ccc4c(c3)CCCC4)cc2)c1. The molecule has 32 heavy (non-hydrogen) atoms. The van der Waals surface area contributed by atoms with Crippen molar-refractivity contribution in [3.05, 3.63) is 125 Å². The third-order valence-corrected chi connectivity index (χ3v) is 6.27. The van der Waals surface area contributed by atoms with Crippen LogP contribution in [0.25, 0.3) is 12.2 Å². The van der Waals surface area contributed by atoms with E-state index in [1.54, 1.807) is 0 Å². The molecular weight excluding hydrogens is 386 g/mol. The molecule has 0 heterocycles. The number of rotatable bonds is 5. The Morgan fingerprint density at radius 2 is 1.25 bits per heavy atom. The maximum Gasteiger partial charge on any atom is 0.0464 e. The number of hydrogen-bond acceptors (Lipinski definition) is 1. The molecule has 158 valence electrons. The van der Waals surface area contributed by atoms with Crippen LogP contribution in [0.4, 0.5) is 17.1 Å². The van der Waals surface area contributed by atoms with Gasteiger partial charge in [-0.05, 0) is 91.3 Å². The van der Waals surface area contributed by atoms with Gasteiger partial charge in [0.15, 0.2) is 0 Å². The summed E-state index contributed by atoms with van der Waals surface area (Å²) in [4.78, 5) is 2.36. The number of fused-ring (bicyclic) bond motifs is 1. The Morgan fingerprint density at radius 3 is 2.03 bits per heavy atom. The predicted molar refractivity (Wildman–Crippen MR) is 138 cm³/mol. The Morgan fingerprint density at radius 1 is 0.562 bits per heavy atom. The zero-order valence-corrected chi connectivity index (χ0v) is 18.7. The fourth-order valence-electron chi connectivity index (χ4n) is 4.58. The molecule has 0 radical (unpaired) electrons. The summed E-state index contributed by atoms with van der Waals surface area (Å²) in [5.74, 6) is 0. The average Bonchev–Trinajstić information content (AvgIpc) is 2.84. The fourth-order valence-corrected chi connectivity index (χ4v) is 4.58. The van der Waals surface area contributed by atoms with Gasteiger partial charge in [0.25, 0.3) is 0 Å². The molecule has 0 aromatic heterocycles. The first-order valence-electron chi connectivity index (χ1n) is 11.6. The van der Waals surface area contributed by atoms with Crippen molar-refractivity contribution < 1.29 is 0 Å². The average molecular weight is 416 g/mol. The van der Waals surface area contributed by atoms with Gasteiger partial charge in [-0.1, -0.05) is 78.4 Å². The monoisotopic (exact) mass is 415 g/mol. The molecule has 1 aliphatic carbocycles. The summed E-state index contributed by atoms with van der Waals surface area (Å²) in [7, 11) is 0. The summed E-state index contributed by atoms with van der Waals surface area (Å²) < 4.78 is 0. The lowest BCUT2D eigenvalue weighted by molar-refractivity contribution is 0.685. The first-order valence-corrected chi connectivity index (χ1v) is 11.6. The molecule has 0 bridgehead atoms. The van der Waals surface area contributed by atoms with Crippen LogP contribution < -0.4 is 4.90 Å². The first kappa shape index (κ1) is 20.3. The van der Waals surface area contributed by atoms with Gasteiger partial charge in [-0.25, -0.2) is 0 Å². The minimum atomic E-state index is 1.18. The zero-order valence-electron chi connectivity index (χ0n) is 18.7. The molecule has 1 nitrogen and oxygen atoms in total. The lowest BCUT2D eigenvalue weighted by Gasteiger charge is -2.27. The summed E-state index contributed by atoms with van der Waals surface area (Å²) >= 11 is 0. The normalized spacial score (nSPS) is 13.2. The van der Waals surface area contributed by atoms with E-state index in [2.05, 4.69) is 121 Å². The largest absolute Gasteiger partial charge is 0.310 e. The van der Waals surface area contributed by atoms with Crippen LogP contribution in [0.1, 0.15) is 40.7 Å². The molecule has 0 spiro atoms. The molecule has 0 atom stereocenters. The fraction of sp³-hybridized carbons (Fsp3) is 0.161. The second kappa shape index (κ2) is 9.28. The quantitative estimate of drug-likeness (QED) is 0.295. The molecule has 1 heteroatoms. The van der Waals surface area contributed by atoms with Crippen molar-refractivity contribution in [2.75, 3.05) is 4.90 Å². The van der Waals surface area contributed by atoms with Crippen LogP contribution in [0.15, 0.2) is 97.1 Å². The number of hydrogen-bond donors (Lipinski definition) is 0. The smallest absolute Gasteiger partial charge is 0.0464 e. The minimum absolute atomic E-state index is 1.18. The van der Waals surface area contributed by atoms with Crippen molar-refractivity contribution in [2.24, 2.45) is 0 Å². The van der Waals surface area contributed by atoms with E-state index in [4.69, 9.17) is 0 Å². The van der Waals surface area contributed by atoms with Crippen molar-refractivity contribution in [1.82, 2.24) is 0 Å². The molecule has 0 saturated carbocycles. The van der Waals surface area contributed by atoms with Crippen LogP contribution in [0.5, 0.6) is 0 Å². The topological polar surface area (TPSA) is 3.24 Å². The van der Waals surface area contributed by atoms with Gasteiger partial charge in [-0.2, -0.15) is 0 Å². The van der Waals surface area contributed by atoms with E-state index < -0.39 is 0 Å². The third kappa shape index (κ3) is 4.53. The molecule has 5 rings (SSSR count). The van der Waals surface area contributed by atoms with Gasteiger partial charge in [0.1, 0.15) is 0 Å². The molecule has 0 saturated heterocycles. The lowest BCUT2D eigenvalue weighted by atomic mass is 9.91. The van der Waals surface area contributed by atoms with Crippen LogP contribution >= 0.6 is 0 Å². The summed E-state index contributed by atoms with van der Waals surface area (Å²) in [6, 6.07) is 35.1. The molecule has 0 unspecified atom stereocenters. The summed E-state index contributed by atoms with van der Waals surface area (Å²) in [5.41, 5.74) is 10.3. The van der Waals surface area contributed by atoms with Crippen LogP contribution in [-0.2, 0) is 12.8 Å². The molecular formula is C31H29N. The number of anilines is 3. The molecule has 1 aliphatic rings. The van der Waals surface area contributed by atoms with E-state index >= 15 is 0 Å². The molecule has 4 aromatic rings. The van der Waals surface area contributed by atoms with E-state index in [0.717, 1.165) is 0 Å². The highest BCUT2D eigenvalue weighted by Crippen LogP contribution is 2.36. The zero-order chi connectivity index (χ0) is 21.8. The van der Waals surface area contributed by atoms with E-state index in [1.165, 1.54) is 70.6 Å². The van der Waals surface area contributed by atoms with Crippen molar-refractivity contribution in [3.8, 4) is 0 Å². The highest BCUT2D eigenvalue weighted by molar-refractivity contribution is 5.78. The van der Waals surface area contributed by atoms with Gasteiger partial charge in [0, 0.05) is 17.1 Å². The van der Waals surface area contributed by atoms with Crippen molar-refractivity contribution in [1.29, 1.82) is 0 Å². The second-order valence-electron chi connectivity index (χ2n) is 8.67. The second-order valence-corrected chi connectivity index (χ2v) is 8.67. The van der Waals surface area contributed by atoms with Crippen molar-refractivity contribution in [3.63, 3.8) is 0 Å². The van der Waals surface area contributed by atoms with Gasteiger partial charge in [0.2, 0.25) is 0 Å². The molecule has 0 aliphatic heterocycles. The van der Waals surface area contributed by atoms with Gasteiger partial charge >= 0.3 is 0 Å². The summed E-state index contributed by atoms with van der Waals surface area (Å²) in [5, 5.41) is 0. The number of nitrogens with zero attached hydrogens (tertiary/aromatic N) is 1. The highest BCUT2D eigenvalue weighted by atomic mass is 15.1. The molecule has 0 N–H and O–H groups in total. The maximum atomic E-state index is 2.40. The predicted octanol–water partition coefficient (Wildman–Crippen LogP) is 8.51. The van der Waals surface area contributed by atoms with Crippen molar-refractivity contribution >= 4 is 29.2 Å². The minimum Gasteiger partial charge on any atom is -0.310 e. The Hall–Kier alpha value is -3.58. The standard InChI is InChI=1S/C31H29N/c1-24-8-7-9-26(22-24)15-14-25-16-19-30(20-17-25)32(29-12-3-2-4-13-29)31-21-18-27-10-5-6-11-28(27)23-31/h2-4,7-9,12-23H,5-6,10-11H2,1H3/b15-14+. The molecule has 4 aromatic carbocycles. The van der Waals surface area contributed by atoms with Crippen LogP contribution in [-0.4, -0.2) is 0 Å². The van der Waals surface area contributed by atoms with Gasteiger partial charge < -0.3 is 4.90 Å². The Bertz CT molecular complexity index is 1220. The van der Waals surface area contributed by atoms with Gasteiger partial charge in [-0.15, -0.1) is 0 Å². The Labute approximate surface area is 191 Å². The van der Waals surface area contributed by atoms with E-state index in [1.807, 2.05) is 0 Å². The lowest BCUT2D eigenvalue weighted by Crippen LogP contribution is -2.11. The van der Waals surface area contributed by atoms with Crippen LogP contribution in [0.3, 0.4) is 0 Å². The first-order chi connectivity index (χ1) is 15.8. The number of para-hydroxylation sites is 1. The van der Waals surface area contributed by atoms with Crippen LogP contribution in [0.2, 0.25) is 0 Å². The number of benzene rings is 4. The van der Waals surface area contributed by atoms with E-state index in [9.17, 15) is 0 Å². The van der Waals surface area contributed by atoms with Crippen molar-refractivity contribution in [2.45, 2.75) is 32.6 Å². The maximum absolute atomic E-state index is 2.40. The van der Waals surface area contributed by atoms with Crippen LogP contribution in [0, 0.1) is 6.92 Å². The Balaban J connectivity index is 1.47. The third-order valence-electron chi connectivity index (χ3n) is 6.27. The van der Waals surface area contributed by atoms with Gasteiger partial charge in [-0.3, -0.25) is 0 Å². The summed E-state index contributed by atoms with van der Waals surface area (Å²) in [6.45, 7) is 2.13. The van der Waals surface area contributed by atoms with E-state index in [0.29, 0.717) is 0 Å². The van der Waals surface area contributed by atoms with E-state index in [-0.39, 0.29) is 0 Å². The highest BCUT2D eigenvalue weighted by Gasteiger charge is 2.15. The summed E-state index contributed by atoms with van der Waals surface area (Å²) in [6.07, 6.45) is 9.37. The Kier molecular flexibility index (Phi) is 5.89. The molecule has 0 fully saturated rings. The number of aryl methyl sites for hydroxylation is 3. The molecule has 0 amide bonds. The van der Waals surface area contributed by atoms with Gasteiger partial charge in [0.05, 0.1) is 0 Å².